The van der Waals surface area contributed by atoms with Crippen LogP contribution >= 0.6 is 0 Å². The summed E-state index contributed by atoms with van der Waals surface area (Å²) < 4.78 is 0. The average molecular weight is 1060 g/mol. The summed E-state index contributed by atoms with van der Waals surface area (Å²) in [6.07, 6.45) is -0.300. The third-order valence-corrected chi connectivity index (χ3v) is 12.5. The van der Waals surface area contributed by atoms with Crippen molar-refractivity contribution in [1.29, 1.82) is 0 Å². The molecule has 0 saturated heterocycles. The van der Waals surface area contributed by atoms with Crippen molar-refractivity contribution >= 4 is 64.1 Å². The second kappa shape index (κ2) is 30.2. The van der Waals surface area contributed by atoms with Gasteiger partial charge in [-0.2, -0.15) is 0 Å². The van der Waals surface area contributed by atoms with Crippen molar-refractivity contribution in [3.63, 3.8) is 0 Å². The van der Waals surface area contributed by atoms with E-state index in [0.717, 1.165) is 10.9 Å². The molecule has 0 unspecified atom stereocenters. The van der Waals surface area contributed by atoms with Crippen molar-refractivity contribution < 1.29 is 53.4 Å². The molecule has 4 aromatic carbocycles. The number of aromatic nitrogens is 1. The molecular weight excluding hydrogens is 991 g/mol. The molecule has 22 heteroatoms. The molecule has 5 rings (SSSR count). The number of carbonyl (C=O) groups excluding carboxylic acids is 8. The number of hydrogen-bond donors (Lipinski definition) is 13. The summed E-state index contributed by atoms with van der Waals surface area (Å²) in [6.45, 7) is 1.26. The predicted molar refractivity (Wildman–Crippen MR) is 286 cm³/mol. The van der Waals surface area contributed by atoms with E-state index in [9.17, 15) is 48.3 Å². The van der Waals surface area contributed by atoms with Crippen LogP contribution in [0.25, 0.3) is 10.9 Å². The highest BCUT2D eigenvalue weighted by Gasteiger charge is 2.36. The normalized spacial score (nSPS) is 14.2. The summed E-state index contributed by atoms with van der Waals surface area (Å²) in [7, 11) is 0. The third kappa shape index (κ3) is 19.3. The number of aromatic amines is 1. The Labute approximate surface area is 445 Å². The molecule has 0 aliphatic heterocycles. The highest BCUT2D eigenvalue weighted by Crippen LogP contribution is 2.20. The van der Waals surface area contributed by atoms with E-state index < -0.39 is 108 Å². The Balaban J connectivity index is 1.44. The summed E-state index contributed by atoms with van der Waals surface area (Å²) in [5, 5.41) is 39.3. The SMILES string of the molecule is C[C@@H](O)[C@H](NC(=O)[C@H](CCCCN)NC(=O)[C@@H](Cc1c[nH]c2ccccc12)NC(=O)[C@H](Cc1ccccc1)NC(=O)[C@H](Cc1ccccc1)NC(=O)[C@@H](N)CC(N)=O)C(=O)N[C@@H](Cc1ccccc1)C(=O)NCCC(=O)O. The van der Waals surface area contributed by atoms with Crippen LogP contribution in [0.15, 0.2) is 121 Å². The fourth-order valence-corrected chi connectivity index (χ4v) is 8.41. The van der Waals surface area contributed by atoms with Gasteiger partial charge in [0.2, 0.25) is 47.3 Å². The first kappa shape index (κ1) is 59.4. The number of aliphatic hydroxyl groups excluding tert-OH is 1. The van der Waals surface area contributed by atoms with Crippen LogP contribution in [0.1, 0.15) is 61.3 Å². The first-order valence-electron chi connectivity index (χ1n) is 25.3. The van der Waals surface area contributed by atoms with Gasteiger partial charge in [-0.1, -0.05) is 109 Å². The Hall–Kier alpha value is -8.47. The van der Waals surface area contributed by atoms with Gasteiger partial charge in [0.15, 0.2) is 0 Å². The molecule has 0 radical (unpaired) electrons. The van der Waals surface area contributed by atoms with Gasteiger partial charge in [0.1, 0.15) is 36.3 Å². The first-order valence-corrected chi connectivity index (χ1v) is 25.3. The highest BCUT2D eigenvalue weighted by molar-refractivity contribution is 5.98. The Bertz CT molecular complexity index is 2780. The lowest BCUT2D eigenvalue weighted by molar-refractivity contribution is -0.137. The van der Waals surface area contributed by atoms with E-state index in [2.05, 4.69) is 42.2 Å². The first-order chi connectivity index (χ1) is 36.9. The molecule has 77 heavy (non-hydrogen) atoms. The Morgan fingerprint density at radius 1 is 0.545 bits per heavy atom. The van der Waals surface area contributed by atoms with E-state index in [-0.39, 0.29) is 51.6 Å². The second-order valence-electron chi connectivity index (χ2n) is 18.7. The number of hydrogen-bond acceptors (Lipinski definition) is 12. The Morgan fingerprint density at radius 3 is 1.48 bits per heavy atom. The van der Waals surface area contributed by atoms with E-state index in [1.165, 1.54) is 6.92 Å². The summed E-state index contributed by atoms with van der Waals surface area (Å²) >= 11 is 0. The van der Waals surface area contributed by atoms with Gasteiger partial charge in [-0.15, -0.1) is 0 Å². The molecule has 0 fully saturated rings. The molecule has 0 aliphatic carbocycles. The molecule has 0 aliphatic rings. The quantitative estimate of drug-likeness (QED) is 0.0253. The Morgan fingerprint density at radius 2 is 0.987 bits per heavy atom. The van der Waals surface area contributed by atoms with Crippen LogP contribution < -0.4 is 54.4 Å². The zero-order valence-corrected chi connectivity index (χ0v) is 42.7. The second-order valence-corrected chi connectivity index (χ2v) is 18.7. The molecule has 1 heterocycles. The maximum absolute atomic E-state index is 14.8. The van der Waals surface area contributed by atoms with Crippen LogP contribution in [0.3, 0.4) is 0 Å². The number of benzene rings is 4. The van der Waals surface area contributed by atoms with Gasteiger partial charge < -0.3 is 69.6 Å². The number of nitrogens with two attached hydrogens (primary N) is 3. The zero-order valence-electron chi connectivity index (χ0n) is 42.7. The van der Waals surface area contributed by atoms with E-state index in [1.807, 2.05) is 18.2 Å². The largest absolute Gasteiger partial charge is 0.481 e. The summed E-state index contributed by atoms with van der Waals surface area (Å²) in [5.74, 6) is -7.82. The molecular formula is C55H69N11O11. The van der Waals surface area contributed by atoms with Gasteiger partial charge in [0, 0.05) is 49.3 Å². The number of aliphatic hydroxyl groups is 1. The number of amides is 8. The fraction of sp³-hybridized carbons (Fsp3) is 0.364. The zero-order chi connectivity index (χ0) is 55.9. The van der Waals surface area contributed by atoms with Gasteiger partial charge in [-0.25, -0.2) is 0 Å². The minimum absolute atomic E-state index is 0.0103. The summed E-state index contributed by atoms with van der Waals surface area (Å²) in [4.78, 5) is 125. The molecule has 0 saturated carbocycles. The molecule has 410 valence electrons. The molecule has 8 amide bonds. The molecule has 1 aromatic heterocycles. The van der Waals surface area contributed by atoms with Crippen molar-refractivity contribution in [3.8, 4) is 0 Å². The van der Waals surface area contributed by atoms with E-state index in [0.29, 0.717) is 35.1 Å². The van der Waals surface area contributed by atoms with E-state index in [1.54, 1.807) is 103 Å². The minimum Gasteiger partial charge on any atom is -0.481 e. The molecule has 22 nitrogen and oxygen atoms in total. The number of rotatable bonds is 31. The van der Waals surface area contributed by atoms with Crippen LogP contribution in [0.2, 0.25) is 0 Å². The lowest BCUT2D eigenvalue weighted by Crippen LogP contribution is -2.62. The van der Waals surface area contributed by atoms with Gasteiger partial charge in [0.05, 0.1) is 25.0 Å². The van der Waals surface area contributed by atoms with Crippen molar-refractivity contribution in [3.05, 3.63) is 144 Å². The minimum atomic E-state index is -1.67. The van der Waals surface area contributed by atoms with Crippen LogP contribution in [0.4, 0.5) is 0 Å². The lowest BCUT2D eigenvalue weighted by Gasteiger charge is -2.28. The number of para-hydroxylation sites is 1. The number of carboxylic acids is 1. The maximum atomic E-state index is 14.8. The molecule has 8 atom stereocenters. The molecule has 0 spiro atoms. The number of aliphatic carboxylic acids is 1. The number of fused-ring (bicyclic) bond motifs is 1. The van der Waals surface area contributed by atoms with Gasteiger partial charge in [-0.05, 0) is 61.1 Å². The molecule has 16 N–H and O–H groups in total. The Kier molecular flexibility index (Phi) is 23.3. The van der Waals surface area contributed by atoms with Crippen LogP contribution in [0.5, 0.6) is 0 Å². The van der Waals surface area contributed by atoms with Gasteiger partial charge in [0.25, 0.3) is 0 Å². The number of carboxylic acid groups (broad SMARTS) is 1. The van der Waals surface area contributed by atoms with Crippen LogP contribution in [-0.4, -0.2) is 130 Å². The number of primary amides is 1. The highest BCUT2D eigenvalue weighted by atomic mass is 16.4. The fourth-order valence-electron chi connectivity index (χ4n) is 8.41. The third-order valence-electron chi connectivity index (χ3n) is 12.5. The monoisotopic (exact) mass is 1060 g/mol. The maximum Gasteiger partial charge on any atom is 0.305 e. The van der Waals surface area contributed by atoms with Crippen molar-refractivity contribution in [2.75, 3.05) is 13.1 Å². The van der Waals surface area contributed by atoms with Crippen molar-refractivity contribution in [2.24, 2.45) is 17.2 Å². The lowest BCUT2D eigenvalue weighted by atomic mass is 10.00. The van der Waals surface area contributed by atoms with E-state index in [4.69, 9.17) is 22.3 Å². The molecule has 0 bridgehead atoms. The summed E-state index contributed by atoms with van der Waals surface area (Å²) in [6, 6.07) is 23.6. The van der Waals surface area contributed by atoms with Crippen LogP contribution in [-0.2, 0) is 68.8 Å². The number of H-pyrrole nitrogens is 1. The van der Waals surface area contributed by atoms with Crippen LogP contribution in [0, 0.1) is 0 Å². The predicted octanol–water partition coefficient (Wildman–Crippen LogP) is -0.349. The molecule has 5 aromatic rings. The topological polar surface area (TPSA) is 372 Å². The standard InChI is InChI=1S/C55H69N11O11/c1-33(67)48(55(77)65-42(27-34-15-5-2-6-16-34)50(72)59-26-24-47(69)70)66-51(73)41(23-13-14-25-56)61-54(76)45(30-37-32-60-40-22-12-11-21-38(37)40)64-53(75)44(29-36-19-9-4-10-20-36)63-52(74)43(28-35-17-7-3-8-18-35)62-49(71)39(57)31-46(58)68/h2-12,15-22,32-33,39,41-45,48,60,67H,13-14,23-31,56-57H2,1H3,(H2,58,68)(H,59,72)(H,61,76)(H,62,71)(H,63,74)(H,64,75)(H,65,77)(H,66,73)(H,69,70)/t33-,39+,41+,42+,43+,44+,45-,48+/m1/s1. The van der Waals surface area contributed by atoms with Crippen molar-refractivity contribution in [2.45, 2.75) is 113 Å². The average Bonchev–Trinajstić information content (AvgIpc) is 3.82. The van der Waals surface area contributed by atoms with Gasteiger partial charge in [-0.3, -0.25) is 43.2 Å². The van der Waals surface area contributed by atoms with Crippen molar-refractivity contribution in [1.82, 2.24) is 42.2 Å². The smallest absolute Gasteiger partial charge is 0.305 e. The van der Waals surface area contributed by atoms with E-state index >= 15 is 0 Å². The number of carbonyl (C=O) groups is 9. The van der Waals surface area contributed by atoms with Gasteiger partial charge >= 0.3 is 5.97 Å². The number of unbranched alkanes of at least 4 members (excludes halogenated alkanes) is 1. The number of nitrogens with one attached hydrogen (secondary N) is 8. The summed E-state index contributed by atoms with van der Waals surface area (Å²) in [5.41, 5.74) is 20.3.